The second-order valence-corrected chi connectivity index (χ2v) is 4.07. The van der Waals surface area contributed by atoms with Crippen LogP contribution < -0.4 is 10.1 Å². The first-order valence-electron chi connectivity index (χ1n) is 6.08. The largest absolute Gasteiger partial charge is 0.492 e. The highest BCUT2D eigenvalue weighted by molar-refractivity contribution is 5.21. The third kappa shape index (κ3) is 4.34. The number of hydrogen-bond donors (Lipinski definition) is 1. The summed E-state index contributed by atoms with van der Waals surface area (Å²) in [5, 5.41) is 3.01. The van der Waals surface area contributed by atoms with Gasteiger partial charge in [0.15, 0.2) is 0 Å². The zero-order valence-electron chi connectivity index (χ0n) is 10.4. The van der Waals surface area contributed by atoms with Gasteiger partial charge >= 0.3 is 0 Å². The molecule has 0 radical (unpaired) electrons. The van der Waals surface area contributed by atoms with Crippen molar-refractivity contribution in [3.63, 3.8) is 0 Å². The molecule has 0 unspecified atom stereocenters. The van der Waals surface area contributed by atoms with Crippen LogP contribution in [0.25, 0.3) is 0 Å². The van der Waals surface area contributed by atoms with E-state index in [9.17, 15) is 8.78 Å². The lowest BCUT2D eigenvalue weighted by Gasteiger charge is -2.08. The van der Waals surface area contributed by atoms with Crippen molar-refractivity contribution in [2.24, 2.45) is 0 Å². The maximum absolute atomic E-state index is 13.3. The van der Waals surface area contributed by atoms with E-state index in [1.807, 2.05) is 30.3 Å². The third-order valence-electron chi connectivity index (χ3n) is 2.61. The molecule has 2 nitrogen and oxygen atoms in total. The van der Waals surface area contributed by atoms with Gasteiger partial charge in [-0.2, -0.15) is 0 Å². The minimum atomic E-state index is -0.432. The Kier molecular flexibility index (Phi) is 4.86. The van der Waals surface area contributed by atoms with Crippen LogP contribution >= 0.6 is 0 Å². The van der Waals surface area contributed by atoms with E-state index in [0.717, 1.165) is 17.9 Å². The molecule has 1 N–H and O–H groups in total. The average molecular weight is 263 g/mol. The van der Waals surface area contributed by atoms with E-state index in [4.69, 9.17) is 4.74 Å². The van der Waals surface area contributed by atoms with Gasteiger partial charge in [-0.25, -0.2) is 8.78 Å². The molecule has 0 bridgehead atoms. The maximum Gasteiger partial charge on any atom is 0.127 e. The van der Waals surface area contributed by atoms with Gasteiger partial charge in [-0.3, -0.25) is 0 Å². The number of rotatable bonds is 6. The fourth-order valence-electron chi connectivity index (χ4n) is 1.66. The molecular formula is C15H15F2NO. The highest BCUT2D eigenvalue weighted by Crippen LogP contribution is 2.09. The summed E-state index contributed by atoms with van der Waals surface area (Å²) in [5.74, 6) is -0.0437. The molecule has 0 heterocycles. The molecule has 0 saturated carbocycles. The summed E-state index contributed by atoms with van der Waals surface area (Å²) in [7, 11) is 0. The van der Waals surface area contributed by atoms with Crippen LogP contribution in [0.1, 0.15) is 5.56 Å². The number of para-hydroxylation sites is 1. The minimum absolute atomic E-state index is 0.280. The van der Waals surface area contributed by atoms with Gasteiger partial charge in [0.1, 0.15) is 24.0 Å². The van der Waals surface area contributed by atoms with Gasteiger partial charge < -0.3 is 10.1 Å². The quantitative estimate of drug-likeness (QED) is 0.808. The fourth-order valence-corrected chi connectivity index (χ4v) is 1.66. The summed E-state index contributed by atoms with van der Waals surface area (Å²) in [4.78, 5) is 0. The van der Waals surface area contributed by atoms with Crippen molar-refractivity contribution < 1.29 is 13.5 Å². The van der Waals surface area contributed by atoms with Crippen molar-refractivity contribution in [3.8, 4) is 5.75 Å². The fraction of sp³-hybridized carbons (Fsp3) is 0.200. The molecule has 0 aliphatic rings. The first-order chi connectivity index (χ1) is 9.25. The van der Waals surface area contributed by atoms with E-state index in [-0.39, 0.29) is 6.54 Å². The number of halogens is 2. The molecule has 0 amide bonds. The molecule has 2 aromatic carbocycles. The average Bonchev–Trinajstić information content (AvgIpc) is 2.43. The van der Waals surface area contributed by atoms with Gasteiger partial charge in [0.25, 0.3) is 0 Å². The Morgan fingerprint density at radius 1 is 1.00 bits per heavy atom. The number of nitrogens with one attached hydrogen (secondary N) is 1. The first kappa shape index (κ1) is 13.5. The molecule has 0 aliphatic carbocycles. The van der Waals surface area contributed by atoms with Gasteiger partial charge in [0, 0.05) is 18.7 Å². The number of ether oxygens (including phenoxy) is 1. The van der Waals surface area contributed by atoms with Crippen molar-refractivity contribution in [1.29, 1.82) is 0 Å². The monoisotopic (exact) mass is 263 g/mol. The van der Waals surface area contributed by atoms with Crippen molar-refractivity contribution in [2.75, 3.05) is 13.2 Å². The molecule has 19 heavy (non-hydrogen) atoms. The summed E-state index contributed by atoms with van der Waals surface area (Å²) in [6.07, 6.45) is 0. The van der Waals surface area contributed by atoms with Crippen LogP contribution in [-0.4, -0.2) is 13.2 Å². The third-order valence-corrected chi connectivity index (χ3v) is 2.61. The van der Waals surface area contributed by atoms with E-state index in [1.165, 1.54) is 6.07 Å². The van der Waals surface area contributed by atoms with Crippen LogP contribution in [0.5, 0.6) is 5.75 Å². The molecule has 0 spiro atoms. The van der Waals surface area contributed by atoms with Crippen molar-refractivity contribution in [3.05, 3.63) is 65.7 Å². The van der Waals surface area contributed by atoms with Crippen molar-refractivity contribution in [1.82, 2.24) is 5.32 Å². The molecule has 0 saturated heterocycles. The lowest BCUT2D eigenvalue weighted by atomic mass is 10.2. The Labute approximate surface area is 111 Å². The second kappa shape index (κ2) is 6.85. The second-order valence-electron chi connectivity index (χ2n) is 4.07. The van der Waals surface area contributed by atoms with E-state index < -0.39 is 11.6 Å². The van der Waals surface area contributed by atoms with Gasteiger partial charge in [-0.05, 0) is 30.3 Å². The molecule has 0 aromatic heterocycles. The van der Waals surface area contributed by atoms with Gasteiger partial charge in [-0.15, -0.1) is 0 Å². The Balaban J connectivity index is 1.71. The van der Waals surface area contributed by atoms with Crippen molar-refractivity contribution >= 4 is 0 Å². The van der Waals surface area contributed by atoms with Crippen LogP contribution in [0.4, 0.5) is 8.78 Å². The Morgan fingerprint density at radius 3 is 2.58 bits per heavy atom. The Bertz CT molecular complexity index is 517. The van der Waals surface area contributed by atoms with Gasteiger partial charge in [-0.1, -0.05) is 18.2 Å². The van der Waals surface area contributed by atoms with E-state index >= 15 is 0 Å². The van der Waals surface area contributed by atoms with Crippen LogP contribution in [0, 0.1) is 11.6 Å². The molecule has 0 atom stereocenters. The van der Waals surface area contributed by atoms with E-state index in [2.05, 4.69) is 5.32 Å². The predicted octanol–water partition coefficient (Wildman–Crippen LogP) is 3.13. The maximum atomic E-state index is 13.3. The highest BCUT2D eigenvalue weighted by atomic mass is 19.1. The zero-order chi connectivity index (χ0) is 13.5. The minimum Gasteiger partial charge on any atom is -0.492 e. The van der Waals surface area contributed by atoms with Crippen LogP contribution in [0.2, 0.25) is 0 Å². The van der Waals surface area contributed by atoms with E-state index in [1.54, 1.807) is 0 Å². The van der Waals surface area contributed by atoms with Crippen LogP contribution in [-0.2, 0) is 6.54 Å². The standard InChI is InChI=1S/C15H15F2NO/c16-13-6-7-15(17)12(10-13)11-18-8-9-19-14-4-2-1-3-5-14/h1-7,10,18H,8-9,11H2. The van der Waals surface area contributed by atoms with Crippen LogP contribution in [0.3, 0.4) is 0 Å². The molecular weight excluding hydrogens is 248 g/mol. The number of hydrogen-bond acceptors (Lipinski definition) is 2. The highest BCUT2D eigenvalue weighted by Gasteiger charge is 2.02. The van der Waals surface area contributed by atoms with Gasteiger partial charge in [0.2, 0.25) is 0 Å². The summed E-state index contributed by atoms with van der Waals surface area (Å²) < 4.78 is 31.7. The topological polar surface area (TPSA) is 21.3 Å². The van der Waals surface area contributed by atoms with E-state index in [0.29, 0.717) is 18.7 Å². The molecule has 100 valence electrons. The van der Waals surface area contributed by atoms with Crippen LogP contribution in [0.15, 0.2) is 48.5 Å². The van der Waals surface area contributed by atoms with Crippen molar-refractivity contribution in [2.45, 2.75) is 6.54 Å². The zero-order valence-corrected chi connectivity index (χ0v) is 10.4. The molecule has 2 aromatic rings. The molecule has 0 aliphatic heterocycles. The molecule has 0 fully saturated rings. The molecule has 2 rings (SSSR count). The normalized spacial score (nSPS) is 10.4. The van der Waals surface area contributed by atoms with Gasteiger partial charge in [0.05, 0.1) is 0 Å². The first-order valence-corrected chi connectivity index (χ1v) is 6.08. The Morgan fingerprint density at radius 2 is 1.79 bits per heavy atom. The lowest BCUT2D eigenvalue weighted by molar-refractivity contribution is 0.313. The summed E-state index contributed by atoms with van der Waals surface area (Å²) in [5.41, 5.74) is 0.319. The molecule has 4 heteroatoms. The lowest BCUT2D eigenvalue weighted by Crippen LogP contribution is -2.21. The smallest absolute Gasteiger partial charge is 0.127 e. The summed E-state index contributed by atoms with van der Waals surface area (Å²) in [6.45, 7) is 1.31. The Hall–Kier alpha value is -1.94. The SMILES string of the molecule is Fc1ccc(F)c(CNCCOc2ccccc2)c1. The summed E-state index contributed by atoms with van der Waals surface area (Å²) in [6, 6.07) is 12.9. The number of benzene rings is 2. The predicted molar refractivity (Wildman–Crippen MR) is 70.0 cm³/mol. The summed E-state index contributed by atoms with van der Waals surface area (Å²) >= 11 is 0.